The number of hydrogen-bond donors (Lipinski definition) is 1. The summed E-state index contributed by atoms with van der Waals surface area (Å²) in [5.74, 6) is 2.21. The molecule has 2 nitrogen and oxygen atoms in total. The maximum atomic E-state index is 10.1. The lowest BCUT2D eigenvalue weighted by atomic mass is 9.79. The van der Waals surface area contributed by atoms with Gasteiger partial charge in [-0.15, -0.1) is 0 Å². The van der Waals surface area contributed by atoms with Crippen molar-refractivity contribution in [2.24, 2.45) is 5.92 Å². The van der Waals surface area contributed by atoms with E-state index < -0.39 is 0 Å². The van der Waals surface area contributed by atoms with Crippen molar-refractivity contribution >= 4 is 0 Å². The van der Waals surface area contributed by atoms with Gasteiger partial charge in [-0.3, -0.25) is 4.90 Å². The van der Waals surface area contributed by atoms with E-state index in [0.29, 0.717) is 11.7 Å². The smallest absolute Gasteiger partial charge is 0.119 e. The number of aromatic hydroxyl groups is 1. The Bertz CT molecular complexity index is 535. The summed E-state index contributed by atoms with van der Waals surface area (Å²) in [5.41, 5.74) is 2.67. The van der Waals surface area contributed by atoms with E-state index in [1.807, 2.05) is 12.1 Å². The molecule has 23 heavy (non-hydrogen) atoms. The monoisotopic (exact) mass is 313 g/mol. The van der Waals surface area contributed by atoms with Crippen molar-refractivity contribution in [3.8, 4) is 5.75 Å². The van der Waals surface area contributed by atoms with Crippen LogP contribution in [-0.2, 0) is 6.42 Å². The Balaban J connectivity index is 1.34. The number of benzene rings is 1. The summed E-state index contributed by atoms with van der Waals surface area (Å²) in [6.07, 6.45) is 13.8. The molecule has 3 aliphatic rings. The molecule has 0 bridgehead atoms. The highest BCUT2D eigenvalue weighted by Crippen LogP contribution is 2.44. The molecule has 126 valence electrons. The van der Waals surface area contributed by atoms with E-state index >= 15 is 0 Å². The van der Waals surface area contributed by atoms with E-state index in [-0.39, 0.29) is 0 Å². The Kier molecular flexibility index (Phi) is 4.61. The minimum Gasteiger partial charge on any atom is -0.508 e. The number of hydrogen-bond acceptors (Lipinski definition) is 2. The van der Waals surface area contributed by atoms with Gasteiger partial charge in [0.2, 0.25) is 0 Å². The van der Waals surface area contributed by atoms with Gasteiger partial charge in [0.1, 0.15) is 5.75 Å². The number of nitrogens with zero attached hydrogens (tertiary/aromatic N) is 1. The van der Waals surface area contributed by atoms with Crippen molar-refractivity contribution in [2.45, 2.75) is 76.2 Å². The Morgan fingerprint density at radius 1 is 1.04 bits per heavy atom. The summed E-state index contributed by atoms with van der Waals surface area (Å²) < 4.78 is 0. The second-order valence-electron chi connectivity index (χ2n) is 8.03. The Morgan fingerprint density at radius 3 is 2.78 bits per heavy atom. The van der Waals surface area contributed by atoms with Crippen LogP contribution in [0.15, 0.2) is 18.2 Å². The zero-order valence-electron chi connectivity index (χ0n) is 14.3. The van der Waals surface area contributed by atoms with Gasteiger partial charge in [0.05, 0.1) is 0 Å². The van der Waals surface area contributed by atoms with Crippen molar-refractivity contribution < 1.29 is 5.11 Å². The van der Waals surface area contributed by atoms with Crippen LogP contribution in [0.25, 0.3) is 0 Å². The van der Waals surface area contributed by atoms with E-state index in [9.17, 15) is 5.11 Å². The first-order valence-corrected chi connectivity index (χ1v) is 9.88. The van der Waals surface area contributed by atoms with Gasteiger partial charge in [0.25, 0.3) is 0 Å². The molecule has 0 unspecified atom stereocenters. The van der Waals surface area contributed by atoms with Crippen LogP contribution in [0.1, 0.15) is 74.8 Å². The van der Waals surface area contributed by atoms with Gasteiger partial charge >= 0.3 is 0 Å². The van der Waals surface area contributed by atoms with E-state index in [2.05, 4.69) is 11.0 Å². The van der Waals surface area contributed by atoms with Gasteiger partial charge in [-0.05, 0) is 68.3 Å². The van der Waals surface area contributed by atoms with E-state index in [0.717, 1.165) is 18.4 Å². The fourth-order valence-electron chi connectivity index (χ4n) is 5.50. The second kappa shape index (κ2) is 6.84. The van der Waals surface area contributed by atoms with Crippen molar-refractivity contribution in [2.75, 3.05) is 13.1 Å². The predicted molar refractivity (Wildman–Crippen MR) is 95.0 cm³/mol. The minimum absolute atomic E-state index is 0.525. The lowest BCUT2D eigenvalue weighted by Gasteiger charge is -2.34. The lowest BCUT2D eigenvalue weighted by Crippen LogP contribution is -2.35. The molecule has 1 aromatic carbocycles. The molecule has 0 aromatic heterocycles. The standard InChI is InChI=1S/C21H31NO/c23-21-10-4-9-17-18-13-15-22(20(18)12-11-19(17)21)14-5-8-16-6-2-1-3-7-16/h4,9-10,16,18,20,23H,1-3,5-8,11-15H2/t18-,20+/m1/s1. The third kappa shape index (κ3) is 3.15. The van der Waals surface area contributed by atoms with Crippen LogP contribution >= 0.6 is 0 Å². The molecule has 1 saturated carbocycles. The summed E-state index contributed by atoms with van der Waals surface area (Å²) in [6.45, 7) is 2.56. The Hall–Kier alpha value is -1.02. The van der Waals surface area contributed by atoms with Crippen LogP contribution in [0.5, 0.6) is 5.75 Å². The van der Waals surface area contributed by atoms with Gasteiger partial charge < -0.3 is 5.11 Å². The Labute approximate surface area is 140 Å². The van der Waals surface area contributed by atoms with Gasteiger partial charge in [0, 0.05) is 12.0 Å². The minimum atomic E-state index is 0.525. The highest BCUT2D eigenvalue weighted by Gasteiger charge is 2.38. The summed E-state index contributed by atoms with van der Waals surface area (Å²) in [6, 6.07) is 6.88. The van der Waals surface area contributed by atoms with Crippen LogP contribution < -0.4 is 0 Å². The third-order valence-corrected chi connectivity index (χ3v) is 6.72. The molecular weight excluding hydrogens is 282 g/mol. The van der Waals surface area contributed by atoms with Gasteiger partial charge in [-0.2, -0.15) is 0 Å². The Morgan fingerprint density at radius 2 is 1.91 bits per heavy atom. The van der Waals surface area contributed by atoms with Crippen LogP contribution in [0, 0.1) is 5.92 Å². The fraction of sp³-hybridized carbons (Fsp3) is 0.714. The fourth-order valence-corrected chi connectivity index (χ4v) is 5.50. The molecule has 2 aliphatic carbocycles. The van der Waals surface area contributed by atoms with Gasteiger partial charge in [-0.1, -0.05) is 44.2 Å². The van der Waals surface area contributed by atoms with Gasteiger partial charge in [0.15, 0.2) is 0 Å². The molecule has 0 amide bonds. The molecular formula is C21H31NO. The molecule has 2 fully saturated rings. The molecule has 2 atom stereocenters. The molecule has 4 rings (SSSR count). The van der Waals surface area contributed by atoms with Crippen LogP contribution in [0.4, 0.5) is 0 Å². The largest absolute Gasteiger partial charge is 0.508 e. The number of phenolic OH excluding ortho intramolecular Hbond substituents is 1. The van der Waals surface area contributed by atoms with E-state index in [4.69, 9.17) is 0 Å². The maximum Gasteiger partial charge on any atom is 0.119 e. The van der Waals surface area contributed by atoms with E-state index in [1.54, 1.807) is 0 Å². The zero-order valence-corrected chi connectivity index (χ0v) is 14.3. The average molecular weight is 313 g/mol. The summed E-state index contributed by atoms with van der Waals surface area (Å²) in [4.78, 5) is 2.76. The molecule has 2 heteroatoms. The molecule has 1 aromatic rings. The van der Waals surface area contributed by atoms with Crippen molar-refractivity contribution in [3.05, 3.63) is 29.3 Å². The average Bonchev–Trinajstić information content (AvgIpc) is 3.00. The normalized spacial score (nSPS) is 28.5. The third-order valence-electron chi connectivity index (χ3n) is 6.72. The molecule has 0 radical (unpaired) electrons. The molecule has 1 heterocycles. The van der Waals surface area contributed by atoms with Crippen LogP contribution in [0.3, 0.4) is 0 Å². The van der Waals surface area contributed by atoms with Crippen molar-refractivity contribution in [1.82, 2.24) is 4.90 Å². The number of likely N-dealkylation sites (tertiary alicyclic amines) is 1. The van der Waals surface area contributed by atoms with E-state index in [1.165, 1.54) is 82.0 Å². The number of phenols is 1. The quantitative estimate of drug-likeness (QED) is 0.858. The molecule has 1 N–H and O–H groups in total. The lowest BCUT2D eigenvalue weighted by molar-refractivity contribution is 0.212. The molecule has 0 spiro atoms. The van der Waals surface area contributed by atoms with Crippen LogP contribution in [0.2, 0.25) is 0 Å². The summed E-state index contributed by atoms with van der Waals surface area (Å²) >= 11 is 0. The highest BCUT2D eigenvalue weighted by molar-refractivity contribution is 5.44. The number of fused-ring (bicyclic) bond motifs is 3. The number of rotatable bonds is 4. The first-order valence-electron chi connectivity index (χ1n) is 9.88. The molecule has 1 aliphatic heterocycles. The highest BCUT2D eigenvalue weighted by atomic mass is 16.3. The second-order valence-corrected chi connectivity index (χ2v) is 8.03. The SMILES string of the molecule is Oc1cccc2c1CC[C@H]1[C@@H]2CCN1CCCC1CCCCC1. The summed E-state index contributed by atoms with van der Waals surface area (Å²) in [5, 5.41) is 10.1. The summed E-state index contributed by atoms with van der Waals surface area (Å²) in [7, 11) is 0. The molecule has 1 saturated heterocycles. The van der Waals surface area contributed by atoms with Gasteiger partial charge in [-0.25, -0.2) is 0 Å². The van der Waals surface area contributed by atoms with Crippen molar-refractivity contribution in [1.29, 1.82) is 0 Å². The first-order chi connectivity index (χ1) is 11.3. The zero-order chi connectivity index (χ0) is 15.6. The van der Waals surface area contributed by atoms with Crippen molar-refractivity contribution in [3.63, 3.8) is 0 Å². The topological polar surface area (TPSA) is 23.5 Å². The van der Waals surface area contributed by atoms with Crippen LogP contribution in [-0.4, -0.2) is 29.1 Å². The maximum absolute atomic E-state index is 10.1. The predicted octanol–water partition coefficient (Wildman–Crippen LogP) is 4.86. The first kappa shape index (κ1) is 15.5.